The standard InChI is InChI=1S/C15H20N2O2/c1-11(8-9-13-6-4-3-5-7-13)10-14(18)17-12(2)15(16)19/h3-7,10,12H,8-9H2,1-2H3,(H2,16,19)(H,17,18)/b11-10+/t12-/m1/s1. The van der Waals surface area contributed by atoms with Crippen LogP contribution in [0.4, 0.5) is 0 Å². The van der Waals surface area contributed by atoms with Crippen LogP contribution in [0.25, 0.3) is 0 Å². The van der Waals surface area contributed by atoms with E-state index in [4.69, 9.17) is 5.73 Å². The van der Waals surface area contributed by atoms with Crippen LogP contribution in [0.1, 0.15) is 25.8 Å². The Hall–Kier alpha value is -2.10. The van der Waals surface area contributed by atoms with Gasteiger partial charge in [0.1, 0.15) is 6.04 Å². The van der Waals surface area contributed by atoms with Gasteiger partial charge in [0.2, 0.25) is 11.8 Å². The number of nitrogens with two attached hydrogens (primary N) is 1. The molecule has 102 valence electrons. The van der Waals surface area contributed by atoms with Crippen LogP contribution in [0.5, 0.6) is 0 Å². The maximum atomic E-state index is 11.6. The molecule has 4 nitrogen and oxygen atoms in total. The number of primary amides is 1. The molecular weight excluding hydrogens is 240 g/mol. The van der Waals surface area contributed by atoms with Crippen LogP contribution >= 0.6 is 0 Å². The van der Waals surface area contributed by atoms with Crippen LogP contribution in [-0.4, -0.2) is 17.9 Å². The fourth-order valence-electron chi connectivity index (χ4n) is 1.61. The lowest BCUT2D eigenvalue weighted by atomic mass is 10.1. The van der Waals surface area contributed by atoms with Gasteiger partial charge in [-0.2, -0.15) is 0 Å². The lowest BCUT2D eigenvalue weighted by Gasteiger charge is -2.08. The van der Waals surface area contributed by atoms with Crippen LogP contribution in [0, 0.1) is 0 Å². The first-order valence-corrected chi connectivity index (χ1v) is 6.30. The summed E-state index contributed by atoms with van der Waals surface area (Å²) in [6, 6.07) is 9.44. The molecule has 0 saturated heterocycles. The Kier molecular flexibility index (Phi) is 5.79. The van der Waals surface area contributed by atoms with Crippen LogP contribution in [-0.2, 0) is 16.0 Å². The Balaban J connectivity index is 2.44. The van der Waals surface area contributed by atoms with Crippen molar-refractivity contribution >= 4 is 11.8 Å². The van der Waals surface area contributed by atoms with Crippen molar-refractivity contribution in [2.75, 3.05) is 0 Å². The van der Waals surface area contributed by atoms with Crippen molar-refractivity contribution in [3.63, 3.8) is 0 Å². The van der Waals surface area contributed by atoms with Gasteiger partial charge >= 0.3 is 0 Å². The zero-order valence-corrected chi connectivity index (χ0v) is 11.3. The minimum atomic E-state index is -0.648. The number of carbonyl (C=O) groups is 2. The van der Waals surface area contributed by atoms with Crippen LogP contribution in [0.3, 0.4) is 0 Å². The van der Waals surface area contributed by atoms with Crippen LogP contribution in [0.15, 0.2) is 42.0 Å². The molecule has 19 heavy (non-hydrogen) atoms. The third-order valence-corrected chi connectivity index (χ3v) is 2.81. The molecule has 2 amide bonds. The maximum absolute atomic E-state index is 11.6. The number of hydrogen-bond acceptors (Lipinski definition) is 2. The second-order valence-corrected chi connectivity index (χ2v) is 4.61. The molecule has 0 fully saturated rings. The van der Waals surface area contributed by atoms with E-state index in [2.05, 4.69) is 17.4 Å². The first-order chi connectivity index (χ1) is 8.99. The number of nitrogens with one attached hydrogen (secondary N) is 1. The third-order valence-electron chi connectivity index (χ3n) is 2.81. The summed E-state index contributed by atoms with van der Waals surface area (Å²) in [6.07, 6.45) is 3.21. The summed E-state index contributed by atoms with van der Waals surface area (Å²) < 4.78 is 0. The minimum absolute atomic E-state index is 0.281. The number of amides is 2. The molecule has 0 aliphatic heterocycles. The Morgan fingerprint density at radius 1 is 1.32 bits per heavy atom. The van der Waals surface area contributed by atoms with Gasteiger partial charge in [0.15, 0.2) is 0 Å². The fraction of sp³-hybridized carbons (Fsp3) is 0.333. The molecule has 0 heterocycles. The second kappa shape index (κ2) is 7.36. The van der Waals surface area contributed by atoms with Crippen molar-refractivity contribution in [3.05, 3.63) is 47.5 Å². The largest absolute Gasteiger partial charge is 0.368 e. The fourth-order valence-corrected chi connectivity index (χ4v) is 1.61. The minimum Gasteiger partial charge on any atom is -0.368 e. The number of aryl methyl sites for hydroxylation is 1. The Morgan fingerprint density at radius 3 is 2.53 bits per heavy atom. The third kappa shape index (κ3) is 5.86. The van der Waals surface area contributed by atoms with Gasteiger partial charge in [-0.15, -0.1) is 0 Å². The lowest BCUT2D eigenvalue weighted by Crippen LogP contribution is -2.41. The van der Waals surface area contributed by atoms with Gasteiger partial charge in [-0.25, -0.2) is 0 Å². The molecule has 1 atom stereocenters. The summed E-state index contributed by atoms with van der Waals surface area (Å²) in [5.74, 6) is -0.819. The zero-order chi connectivity index (χ0) is 14.3. The van der Waals surface area contributed by atoms with Crippen LogP contribution in [0.2, 0.25) is 0 Å². The van der Waals surface area contributed by atoms with E-state index in [0.29, 0.717) is 0 Å². The molecule has 0 saturated carbocycles. The van der Waals surface area contributed by atoms with Gasteiger partial charge in [0.05, 0.1) is 0 Å². The normalized spacial score (nSPS) is 12.8. The highest BCUT2D eigenvalue weighted by Gasteiger charge is 2.10. The lowest BCUT2D eigenvalue weighted by molar-refractivity contribution is -0.124. The van der Waals surface area contributed by atoms with E-state index in [-0.39, 0.29) is 5.91 Å². The van der Waals surface area contributed by atoms with E-state index in [1.54, 1.807) is 6.92 Å². The van der Waals surface area contributed by atoms with Gasteiger partial charge in [0.25, 0.3) is 0 Å². The highest BCUT2D eigenvalue weighted by molar-refractivity contribution is 5.92. The SMILES string of the molecule is C/C(=C\C(=O)N[C@H](C)C(N)=O)CCc1ccccc1. The second-order valence-electron chi connectivity index (χ2n) is 4.61. The first kappa shape index (κ1) is 15.0. The molecule has 0 radical (unpaired) electrons. The summed E-state index contributed by atoms with van der Waals surface area (Å²) in [7, 11) is 0. The average Bonchev–Trinajstić information content (AvgIpc) is 2.37. The predicted octanol–water partition coefficient (Wildman–Crippen LogP) is 1.56. The molecular formula is C15H20N2O2. The molecule has 0 aliphatic rings. The average molecular weight is 260 g/mol. The summed E-state index contributed by atoms with van der Waals surface area (Å²) in [5, 5.41) is 2.52. The molecule has 0 bridgehead atoms. The highest BCUT2D eigenvalue weighted by Crippen LogP contribution is 2.08. The van der Waals surface area contributed by atoms with Crippen molar-refractivity contribution in [1.29, 1.82) is 0 Å². The van der Waals surface area contributed by atoms with Gasteiger partial charge < -0.3 is 11.1 Å². The van der Waals surface area contributed by atoms with E-state index in [1.165, 1.54) is 11.6 Å². The Morgan fingerprint density at radius 2 is 1.95 bits per heavy atom. The molecule has 0 aliphatic carbocycles. The molecule has 1 aromatic carbocycles. The molecule has 0 spiro atoms. The van der Waals surface area contributed by atoms with E-state index in [9.17, 15) is 9.59 Å². The molecule has 0 unspecified atom stereocenters. The monoisotopic (exact) mass is 260 g/mol. The zero-order valence-electron chi connectivity index (χ0n) is 11.3. The highest BCUT2D eigenvalue weighted by atomic mass is 16.2. The van der Waals surface area contributed by atoms with Crippen molar-refractivity contribution in [1.82, 2.24) is 5.32 Å². The van der Waals surface area contributed by atoms with Crippen molar-refractivity contribution in [2.24, 2.45) is 5.73 Å². The Labute approximate surface area is 113 Å². The smallest absolute Gasteiger partial charge is 0.244 e. The van der Waals surface area contributed by atoms with Gasteiger partial charge in [0, 0.05) is 6.08 Å². The maximum Gasteiger partial charge on any atom is 0.244 e. The van der Waals surface area contributed by atoms with Crippen molar-refractivity contribution < 1.29 is 9.59 Å². The summed E-state index contributed by atoms with van der Waals surface area (Å²) in [4.78, 5) is 22.4. The molecule has 1 aromatic rings. The Bertz CT molecular complexity index is 466. The first-order valence-electron chi connectivity index (χ1n) is 6.30. The van der Waals surface area contributed by atoms with Gasteiger partial charge in [-0.3, -0.25) is 9.59 Å². The topological polar surface area (TPSA) is 72.2 Å². The van der Waals surface area contributed by atoms with E-state index in [0.717, 1.165) is 18.4 Å². The van der Waals surface area contributed by atoms with Crippen molar-refractivity contribution in [3.8, 4) is 0 Å². The summed E-state index contributed by atoms with van der Waals surface area (Å²) in [6.45, 7) is 3.46. The predicted molar refractivity (Wildman–Crippen MR) is 75.3 cm³/mol. The quantitative estimate of drug-likeness (QED) is 0.762. The van der Waals surface area contributed by atoms with Crippen molar-refractivity contribution in [2.45, 2.75) is 32.7 Å². The van der Waals surface area contributed by atoms with E-state index < -0.39 is 11.9 Å². The van der Waals surface area contributed by atoms with E-state index in [1.807, 2.05) is 25.1 Å². The molecule has 1 rings (SSSR count). The van der Waals surface area contributed by atoms with Gasteiger partial charge in [-0.05, 0) is 32.3 Å². The van der Waals surface area contributed by atoms with E-state index >= 15 is 0 Å². The molecule has 3 N–H and O–H groups in total. The number of benzene rings is 1. The number of carbonyl (C=O) groups excluding carboxylic acids is 2. The van der Waals surface area contributed by atoms with Crippen LogP contribution < -0.4 is 11.1 Å². The molecule has 4 heteroatoms. The number of allylic oxidation sites excluding steroid dienone is 1. The molecule has 0 aromatic heterocycles. The van der Waals surface area contributed by atoms with Gasteiger partial charge in [-0.1, -0.05) is 35.9 Å². The summed E-state index contributed by atoms with van der Waals surface area (Å²) in [5.41, 5.74) is 7.28. The number of rotatable bonds is 6. The number of hydrogen-bond donors (Lipinski definition) is 2. The summed E-state index contributed by atoms with van der Waals surface area (Å²) >= 11 is 0.